The fourth-order valence-corrected chi connectivity index (χ4v) is 2.08. The number of nitrogens with zero attached hydrogens (tertiary/aromatic N) is 1. The van der Waals surface area contributed by atoms with Crippen LogP contribution in [0.5, 0.6) is 0 Å². The number of likely N-dealkylation sites (tertiary alicyclic amines) is 1. The maximum absolute atomic E-state index is 9.55. The molecule has 0 aromatic heterocycles. The summed E-state index contributed by atoms with van der Waals surface area (Å²) in [6.45, 7) is 7.66. The predicted molar refractivity (Wildman–Crippen MR) is 59.2 cm³/mol. The molecule has 13 heavy (non-hydrogen) atoms. The summed E-state index contributed by atoms with van der Waals surface area (Å²) in [5.41, 5.74) is 0. The fourth-order valence-electron chi connectivity index (χ4n) is 1.87. The number of piperidine rings is 1. The lowest BCUT2D eigenvalue weighted by molar-refractivity contribution is 0.0312. The highest BCUT2D eigenvalue weighted by Crippen LogP contribution is 2.17. The lowest BCUT2D eigenvalue weighted by Gasteiger charge is -2.35. The molecule has 1 heterocycles. The third-order valence-corrected chi connectivity index (χ3v) is 3.88. The molecule has 3 atom stereocenters. The van der Waals surface area contributed by atoms with E-state index in [0.717, 1.165) is 31.4 Å². The van der Waals surface area contributed by atoms with Gasteiger partial charge in [0, 0.05) is 25.0 Å². The molecule has 1 aliphatic rings. The van der Waals surface area contributed by atoms with E-state index in [1.54, 1.807) is 0 Å². The Hall–Kier alpha value is 0.400. The molecule has 2 nitrogen and oxygen atoms in total. The van der Waals surface area contributed by atoms with Gasteiger partial charge in [0.2, 0.25) is 0 Å². The Kier molecular flexibility index (Phi) is 4.70. The molecule has 0 spiro atoms. The molecule has 0 saturated carbocycles. The molecule has 3 unspecified atom stereocenters. The highest BCUT2D eigenvalue weighted by molar-refractivity contribution is 9.09. The Morgan fingerprint density at radius 2 is 2.31 bits per heavy atom. The van der Waals surface area contributed by atoms with E-state index in [4.69, 9.17) is 0 Å². The number of alkyl halides is 1. The van der Waals surface area contributed by atoms with E-state index in [9.17, 15) is 5.11 Å². The second-order valence-electron chi connectivity index (χ2n) is 4.35. The van der Waals surface area contributed by atoms with Gasteiger partial charge in [-0.15, -0.1) is 0 Å². The van der Waals surface area contributed by atoms with Crippen LogP contribution in [0.1, 0.15) is 20.3 Å². The Morgan fingerprint density at radius 3 is 2.85 bits per heavy atom. The van der Waals surface area contributed by atoms with Crippen molar-refractivity contribution in [2.24, 2.45) is 11.8 Å². The van der Waals surface area contributed by atoms with Crippen molar-refractivity contribution < 1.29 is 5.11 Å². The highest BCUT2D eigenvalue weighted by atomic mass is 79.9. The SMILES string of the molecule is CC(CBr)CN1CCC(O)C(C)C1. The zero-order valence-corrected chi connectivity index (χ0v) is 10.1. The molecule has 1 fully saturated rings. The van der Waals surface area contributed by atoms with Crippen LogP contribution >= 0.6 is 15.9 Å². The minimum Gasteiger partial charge on any atom is -0.393 e. The summed E-state index contributed by atoms with van der Waals surface area (Å²) >= 11 is 3.49. The van der Waals surface area contributed by atoms with Gasteiger partial charge in [-0.2, -0.15) is 0 Å². The molecule has 0 aromatic carbocycles. The monoisotopic (exact) mass is 249 g/mol. The van der Waals surface area contributed by atoms with Crippen molar-refractivity contribution in [1.29, 1.82) is 0 Å². The first-order valence-electron chi connectivity index (χ1n) is 5.10. The quantitative estimate of drug-likeness (QED) is 0.771. The van der Waals surface area contributed by atoms with Gasteiger partial charge in [-0.05, 0) is 18.3 Å². The second-order valence-corrected chi connectivity index (χ2v) is 5.00. The number of aliphatic hydroxyl groups excluding tert-OH is 1. The first-order valence-corrected chi connectivity index (χ1v) is 6.22. The first kappa shape index (κ1) is 11.5. The van der Waals surface area contributed by atoms with E-state index in [2.05, 4.69) is 34.7 Å². The molecule has 3 heteroatoms. The molecule has 0 aliphatic carbocycles. The van der Waals surface area contributed by atoms with Crippen LogP contribution in [0.3, 0.4) is 0 Å². The summed E-state index contributed by atoms with van der Waals surface area (Å²) in [5, 5.41) is 10.6. The van der Waals surface area contributed by atoms with Crippen LogP contribution in [0.15, 0.2) is 0 Å². The summed E-state index contributed by atoms with van der Waals surface area (Å²) < 4.78 is 0. The van der Waals surface area contributed by atoms with E-state index in [0.29, 0.717) is 11.8 Å². The molecule has 0 amide bonds. The van der Waals surface area contributed by atoms with E-state index < -0.39 is 0 Å². The van der Waals surface area contributed by atoms with Gasteiger partial charge < -0.3 is 10.0 Å². The summed E-state index contributed by atoms with van der Waals surface area (Å²) in [6.07, 6.45) is 0.867. The van der Waals surface area contributed by atoms with Gasteiger partial charge in [-0.1, -0.05) is 29.8 Å². The average Bonchev–Trinajstić information content (AvgIpc) is 2.11. The summed E-state index contributed by atoms with van der Waals surface area (Å²) in [4.78, 5) is 2.46. The van der Waals surface area contributed by atoms with Crippen LogP contribution in [0.2, 0.25) is 0 Å². The molecular formula is C10H20BrNO. The number of hydrogen-bond donors (Lipinski definition) is 1. The van der Waals surface area contributed by atoms with Crippen molar-refractivity contribution in [2.45, 2.75) is 26.4 Å². The van der Waals surface area contributed by atoms with Crippen molar-refractivity contribution in [3.05, 3.63) is 0 Å². The minimum atomic E-state index is -0.0736. The van der Waals surface area contributed by atoms with Crippen molar-refractivity contribution in [1.82, 2.24) is 4.90 Å². The lowest BCUT2D eigenvalue weighted by atomic mass is 9.96. The molecular weight excluding hydrogens is 230 g/mol. The average molecular weight is 250 g/mol. The molecule has 0 radical (unpaired) electrons. The van der Waals surface area contributed by atoms with Crippen molar-refractivity contribution in [3.63, 3.8) is 0 Å². The molecule has 0 bridgehead atoms. The third-order valence-electron chi connectivity index (χ3n) is 2.78. The Morgan fingerprint density at radius 1 is 1.62 bits per heavy atom. The van der Waals surface area contributed by atoms with Gasteiger partial charge in [0.1, 0.15) is 0 Å². The maximum atomic E-state index is 9.55. The van der Waals surface area contributed by atoms with Gasteiger partial charge >= 0.3 is 0 Å². The lowest BCUT2D eigenvalue weighted by Crippen LogP contribution is -2.43. The smallest absolute Gasteiger partial charge is 0.0590 e. The second kappa shape index (κ2) is 5.32. The van der Waals surface area contributed by atoms with Crippen LogP contribution < -0.4 is 0 Å². The van der Waals surface area contributed by atoms with E-state index in [1.807, 2.05) is 0 Å². The molecule has 1 aliphatic heterocycles. The van der Waals surface area contributed by atoms with Crippen molar-refractivity contribution >= 4 is 15.9 Å². The molecule has 1 saturated heterocycles. The molecule has 0 aromatic rings. The zero-order valence-electron chi connectivity index (χ0n) is 8.54. The topological polar surface area (TPSA) is 23.5 Å². The fraction of sp³-hybridized carbons (Fsp3) is 1.00. The van der Waals surface area contributed by atoms with E-state index in [-0.39, 0.29) is 6.10 Å². The number of halogens is 1. The Balaban J connectivity index is 2.29. The first-order chi connectivity index (χ1) is 6.13. The van der Waals surface area contributed by atoms with Gasteiger partial charge in [0.05, 0.1) is 6.10 Å². The maximum Gasteiger partial charge on any atom is 0.0590 e. The van der Waals surface area contributed by atoms with Crippen LogP contribution in [0.4, 0.5) is 0 Å². The normalized spacial score (nSPS) is 33.2. The Bertz CT molecular complexity index is 152. The van der Waals surface area contributed by atoms with Gasteiger partial charge in [0.25, 0.3) is 0 Å². The highest BCUT2D eigenvalue weighted by Gasteiger charge is 2.24. The van der Waals surface area contributed by atoms with Crippen molar-refractivity contribution in [2.75, 3.05) is 25.0 Å². The predicted octanol–water partition coefficient (Wildman–Crippen LogP) is 1.72. The van der Waals surface area contributed by atoms with Gasteiger partial charge in [-0.25, -0.2) is 0 Å². The van der Waals surface area contributed by atoms with Crippen LogP contribution in [0, 0.1) is 11.8 Å². The summed E-state index contributed by atoms with van der Waals surface area (Å²) in [7, 11) is 0. The van der Waals surface area contributed by atoms with Crippen LogP contribution in [-0.4, -0.2) is 41.1 Å². The van der Waals surface area contributed by atoms with E-state index in [1.165, 1.54) is 0 Å². The number of hydrogen-bond acceptors (Lipinski definition) is 2. The van der Waals surface area contributed by atoms with Gasteiger partial charge in [0.15, 0.2) is 0 Å². The van der Waals surface area contributed by atoms with Crippen LogP contribution in [-0.2, 0) is 0 Å². The summed E-state index contributed by atoms with van der Waals surface area (Å²) in [5.74, 6) is 1.15. The molecule has 1 rings (SSSR count). The molecule has 78 valence electrons. The zero-order chi connectivity index (χ0) is 9.84. The number of rotatable bonds is 3. The Labute approximate surface area is 89.4 Å². The number of aliphatic hydroxyl groups is 1. The van der Waals surface area contributed by atoms with E-state index >= 15 is 0 Å². The van der Waals surface area contributed by atoms with Crippen molar-refractivity contribution in [3.8, 4) is 0 Å². The largest absolute Gasteiger partial charge is 0.393 e. The molecule has 1 N–H and O–H groups in total. The standard InChI is InChI=1S/C10H20BrNO/c1-8(5-11)6-12-4-3-10(13)9(2)7-12/h8-10,13H,3-7H2,1-2H3. The minimum absolute atomic E-state index is 0.0736. The summed E-state index contributed by atoms with van der Waals surface area (Å²) in [6, 6.07) is 0. The van der Waals surface area contributed by atoms with Crippen LogP contribution in [0.25, 0.3) is 0 Å². The third kappa shape index (κ3) is 3.56. The van der Waals surface area contributed by atoms with Gasteiger partial charge in [-0.3, -0.25) is 0 Å².